The summed E-state index contributed by atoms with van der Waals surface area (Å²) in [6.45, 7) is 9.22. The van der Waals surface area contributed by atoms with Crippen molar-refractivity contribution in [2.45, 2.75) is 171 Å². The molecule has 1 unspecified atom stereocenters. The Morgan fingerprint density at radius 1 is 0.833 bits per heavy atom. The van der Waals surface area contributed by atoms with Crippen molar-refractivity contribution < 1.29 is 74.1 Å². The summed E-state index contributed by atoms with van der Waals surface area (Å²) in [5.41, 5.74) is 0.797. The Morgan fingerprint density at radius 2 is 1.57 bits per heavy atom. The Hall–Kier alpha value is -1.31. The van der Waals surface area contributed by atoms with Crippen LogP contribution in [0.25, 0.3) is 0 Å². The molecule has 23 atom stereocenters. The van der Waals surface area contributed by atoms with Gasteiger partial charge in [0.2, 0.25) is 5.79 Å². The van der Waals surface area contributed by atoms with Crippen LogP contribution >= 0.6 is 0 Å². The molecule has 7 fully saturated rings. The fraction of sp³-hybridized carbons (Fsp3) is 0.923. The highest BCUT2D eigenvalue weighted by molar-refractivity contribution is 5.73. The van der Waals surface area contributed by atoms with Gasteiger partial charge in [-0.1, -0.05) is 39.3 Å². The van der Waals surface area contributed by atoms with E-state index in [0.717, 1.165) is 25.7 Å². The minimum atomic E-state index is -1.65. The fourth-order valence-corrected chi connectivity index (χ4v) is 12.6. The smallest absolute Gasteiger partial charge is 0.311 e. The minimum absolute atomic E-state index is 0.0402. The zero-order valence-corrected chi connectivity index (χ0v) is 31.7. The number of carbonyl (C=O) groups excluding carboxylic acids is 1. The molecular formula is C39H60O15. The van der Waals surface area contributed by atoms with Gasteiger partial charge in [-0.15, -0.1) is 0 Å². The molecule has 54 heavy (non-hydrogen) atoms. The lowest BCUT2D eigenvalue weighted by Crippen LogP contribution is -2.64. The van der Waals surface area contributed by atoms with E-state index in [-0.39, 0.29) is 53.0 Å². The van der Waals surface area contributed by atoms with E-state index in [4.69, 9.17) is 28.4 Å². The van der Waals surface area contributed by atoms with Crippen molar-refractivity contribution in [1.29, 1.82) is 0 Å². The molecule has 0 aromatic rings. The van der Waals surface area contributed by atoms with Gasteiger partial charge in [0.15, 0.2) is 12.6 Å². The van der Waals surface area contributed by atoms with Gasteiger partial charge in [-0.25, -0.2) is 0 Å². The SMILES string of the molecule is C[C@@H]1CC(O)[C@@]2(OC1=O)O[C@H]1[C@H](O)[C@H]3[C@@H]4CC=C5C[C@@H](O[C@@H]6O[C@H](CO)[C@@H](O)[C@H](O)[C@H]6O[C@@H]6O[C@@H](C)[C@H](O)[C@@H](O)[C@H]6O)CC[C@]5(C)[C@H]4CC[C@]3(C)[C@H]1[C@@H]2C. The van der Waals surface area contributed by atoms with Crippen LogP contribution in [0.3, 0.4) is 0 Å². The topological polar surface area (TPSA) is 234 Å². The first-order valence-electron chi connectivity index (χ1n) is 20.1. The number of aliphatic hydroxyl groups is 8. The van der Waals surface area contributed by atoms with Crippen molar-refractivity contribution in [2.24, 2.45) is 46.3 Å². The number of allylic oxidation sites excluding steroid dienone is 1. The van der Waals surface area contributed by atoms with Gasteiger partial charge in [-0.2, -0.15) is 0 Å². The first-order chi connectivity index (χ1) is 25.5. The normalized spacial score (nSPS) is 58.5. The van der Waals surface area contributed by atoms with E-state index in [0.29, 0.717) is 18.8 Å². The number of aliphatic hydroxyl groups excluding tert-OH is 8. The maximum Gasteiger partial charge on any atom is 0.311 e. The summed E-state index contributed by atoms with van der Waals surface area (Å²) in [6, 6.07) is 0. The lowest BCUT2D eigenvalue weighted by molar-refractivity contribution is -0.369. The summed E-state index contributed by atoms with van der Waals surface area (Å²) in [6.07, 6.45) is -9.42. The summed E-state index contributed by atoms with van der Waals surface area (Å²) in [4.78, 5) is 12.7. The van der Waals surface area contributed by atoms with Gasteiger partial charge in [0.1, 0.15) is 48.8 Å². The van der Waals surface area contributed by atoms with Crippen LogP contribution in [0, 0.1) is 46.3 Å². The Bertz CT molecular complexity index is 1460. The Labute approximate surface area is 315 Å². The van der Waals surface area contributed by atoms with Crippen LogP contribution in [0.4, 0.5) is 0 Å². The van der Waals surface area contributed by atoms with E-state index in [1.54, 1.807) is 6.92 Å². The zero-order chi connectivity index (χ0) is 38.8. The maximum absolute atomic E-state index is 12.7. The molecule has 8 N–H and O–H groups in total. The number of hydrogen-bond acceptors (Lipinski definition) is 15. The summed E-state index contributed by atoms with van der Waals surface area (Å²) in [5, 5.41) is 86.2. The molecule has 4 heterocycles. The molecule has 8 aliphatic rings. The quantitative estimate of drug-likeness (QED) is 0.134. The van der Waals surface area contributed by atoms with Crippen LogP contribution in [0.2, 0.25) is 0 Å². The van der Waals surface area contributed by atoms with E-state index in [1.807, 2.05) is 6.92 Å². The largest absolute Gasteiger partial charge is 0.430 e. The molecule has 0 amide bonds. The highest BCUT2D eigenvalue weighted by atomic mass is 16.8. The van der Waals surface area contributed by atoms with Crippen LogP contribution in [-0.4, -0.2) is 145 Å². The number of esters is 1. The van der Waals surface area contributed by atoms with E-state index < -0.39 is 98.0 Å². The number of rotatable bonds is 5. The molecule has 0 aromatic carbocycles. The van der Waals surface area contributed by atoms with Gasteiger partial charge >= 0.3 is 5.97 Å². The second kappa shape index (κ2) is 13.9. The number of hydrogen-bond donors (Lipinski definition) is 8. The van der Waals surface area contributed by atoms with Crippen molar-refractivity contribution in [3.8, 4) is 0 Å². The number of fused-ring (bicyclic) bond motifs is 7. The molecule has 0 bridgehead atoms. The van der Waals surface area contributed by atoms with E-state index in [1.165, 1.54) is 12.5 Å². The van der Waals surface area contributed by atoms with Crippen molar-refractivity contribution >= 4 is 5.97 Å². The predicted molar refractivity (Wildman–Crippen MR) is 184 cm³/mol. The molecule has 1 spiro atoms. The highest BCUT2D eigenvalue weighted by Crippen LogP contribution is 2.70. The van der Waals surface area contributed by atoms with E-state index >= 15 is 0 Å². The third-order valence-corrected chi connectivity index (χ3v) is 15.6. The summed E-state index contributed by atoms with van der Waals surface area (Å²) in [7, 11) is 0. The van der Waals surface area contributed by atoms with Gasteiger partial charge in [0.25, 0.3) is 0 Å². The molecule has 4 aliphatic carbocycles. The summed E-state index contributed by atoms with van der Waals surface area (Å²) < 4.78 is 36.4. The monoisotopic (exact) mass is 768 g/mol. The molecule has 0 aromatic heterocycles. The Kier molecular flexibility index (Phi) is 10.2. The molecule has 4 aliphatic heterocycles. The van der Waals surface area contributed by atoms with Crippen LogP contribution < -0.4 is 0 Å². The lowest BCUT2D eigenvalue weighted by Gasteiger charge is -2.59. The third kappa shape index (κ3) is 5.74. The standard InChI is InChI=1S/C39H60O15/c1-15-12-23(41)39(54-34(15)48)16(2)24-32(53-39)28(44)25-20-7-6-18-13-19(8-10-37(18,4)21(20)9-11-38(24,25)5)50-36-33(30(46)27(43)22(14-40)51-36)52-35-31(47)29(45)26(42)17(3)49-35/h6,15-17,19-33,35-36,40-47H,7-14H2,1-5H3/t15-,16+,17+,19+,20-,21+,22-,23?,24+,25-,26+,27-,28-,29-,30+,31-,32-,33-,35+,36-,37+,38-,39-/m1/s1. The van der Waals surface area contributed by atoms with E-state index in [9.17, 15) is 45.6 Å². The van der Waals surface area contributed by atoms with Gasteiger partial charge in [-0.05, 0) is 80.5 Å². The average molecular weight is 769 g/mol. The van der Waals surface area contributed by atoms with E-state index in [2.05, 4.69) is 19.9 Å². The Balaban J connectivity index is 0.986. The van der Waals surface area contributed by atoms with Crippen LogP contribution in [0.15, 0.2) is 11.6 Å². The number of carbonyl (C=O) groups is 1. The van der Waals surface area contributed by atoms with Gasteiger partial charge < -0.3 is 69.3 Å². The second-order valence-corrected chi connectivity index (χ2v) is 18.4. The molecule has 15 heteroatoms. The second-order valence-electron chi connectivity index (χ2n) is 18.4. The van der Waals surface area contributed by atoms with Crippen molar-refractivity contribution in [3.05, 3.63) is 11.6 Å². The van der Waals surface area contributed by atoms with Crippen LogP contribution in [0.5, 0.6) is 0 Å². The summed E-state index contributed by atoms with van der Waals surface area (Å²) >= 11 is 0. The first-order valence-corrected chi connectivity index (χ1v) is 20.1. The molecule has 0 radical (unpaired) electrons. The summed E-state index contributed by atoms with van der Waals surface area (Å²) in [5.74, 6) is -2.18. The molecule has 3 saturated carbocycles. The number of ether oxygens (including phenoxy) is 6. The predicted octanol–water partition coefficient (Wildman–Crippen LogP) is -0.142. The van der Waals surface area contributed by atoms with Gasteiger partial charge in [0.05, 0.1) is 36.9 Å². The average Bonchev–Trinajstić information content (AvgIpc) is 3.55. The molecule has 306 valence electrons. The fourth-order valence-electron chi connectivity index (χ4n) is 12.6. The van der Waals surface area contributed by atoms with Crippen LogP contribution in [-0.2, 0) is 33.2 Å². The van der Waals surface area contributed by atoms with Gasteiger partial charge in [-0.3, -0.25) is 4.79 Å². The molecular weight excluding hydrogens is 708 g/mol. The van der Waals surface area contributed by atoms with Gasteiger partial charge in [0, 0.05) is 11.8 Å². The van der Waals surface area contributed by atoms with Crippen molar-refractivity contribution in [2.75, 3.05) is 6.61 Å². The molecule has 8 rings (SSSR count). The Morgan fingerprint density at radius 3 is 2.30 bits per heavy atom. The first kappa shape index (κ1) is 39.5. The maximum atomic E-state index is 12.7. The molecule has 4 saturated heterocycles. The molecule has 15 nitrogen and oxygen atoms in total. The third-order valence-electron chi connectivity index (χ3n) is 15.6. The lowest BCUT2D eigenvalue weighted by atomic mass is 9.46. The van der Waals surface area contributed by atoms with Crippen LogP contribution in [0.1, 0.15) is 79.6 Å². The minimum Gasteiger partial charge on any atom is -0.430 e. The highest BCUT2D eigenvalue weighted by Gasteiger charge is 2.74. The zero-order valence-electron chi connectivity index (χ0n) is 31.7. The van der Waals surface area contributed by atoms with Crippen molar-refractivity contribution in [3.63, 3.8) is 0 Å². The van der Waals surface area contributed by atoms with Crippen molar-refractivity contribution in [1.82, 2.24) is 0 Å².